The lowest BCUT2D eigenvalue weighted by Gasteiger charge is -2.03. The van der Waals surface area contributed by atoms with Crippen LogP contribution in [0.4, 0.5) is 0 Å². The molecule has 1 heterocycles. The van der Waals surface area contributed by atoms with Crippen molar-refractivity contribution < 1.29 is 9.90 Å². The first-order valence-electron chi connectivity index (χ1n) is 5.20. The van der Waals surface area contributed by atoms with Crippen LogP contribution in [0, 0.1) is 0 Å². The van der Waals surface area contributed by atoms with Crippen LogP contribution in [0.15, 0.2) is 35.4 Å². The molecule has 4 nitrogen and oxygen atoms in total. The molecule has 0 bridgehead atoms. The van der Waals surface area contributed by atoms with Crippen LogP contribution in [0.25, 0.3) is 0 Å². The molecule has 2 rings (SSSR count). The second kappa shape index (κ2) is 5.46. The second-order valence-electron chi connectivity index (χ2n) is 3.67. The molecule has 0 aliphatic rings. The Morgan fingerprint density at radius 2 is 2.11 bits per heavy atom. The fourth-order valence-corrected chi connectivity index (χ4v) is 2.44. The number of hydrogen-bond acceptors (Lipinski definition) is 3. The Labute approximate surface area is 114 Å². The molecule has 2 aromatic rings. The Morgan fingerprint density at radius 1 is 1.44 bits per heavy atom. The van der Waals surface area contributed by atoms with Crippen molar-refractivity contribution >= 4 is 29.3 Å². The maximum atomic E-state index is 10.7. The van der Waals surface area contributed by atoms with Gasteiger partial charge in [-0.25, -0.2) is 9.78 Å². The van der Waals surface area contributed by atoms with Gasteiger partial charge >= 0.3 is 5.97 Å². The van der Waals surface area contributed by atoms with Gasteiger partial charge in [0.15, 0.2) is 0 Å². The lowest BCUT2D eigenvalue weighted by molar-refractivity contribution is 0.0697. The number of benzene rings is 1. The zero-order valence-electron chi connectivity index (χ0n) is 9.63. The van der Waals surface area contributed by atoms with E-state index in [0.717, 1.165) is 10.7 Å². The van der Waals surface area contributed by atoms with Gasteiger partial charge in [0.1, 0.15) is 11.0 Å². The molecule has 1 aromatic carbocycles. The van der Waals surface area contributed by atoms with Crippen molar-refractivity contribution in [2.75, 3.05) is 0 Å². The van der Waals surface area contributed by atoms with Gasteiger partial charge in [0.05, 0.1) is 17.5 Å². The molecule has 0 saturated heterocycles. The number of aromatic nitrogens is 2. The van der Waals surface area contributed by atoms with E-state index in [1.807, 2.05) is 11.6 Å². The molecule has 1 N–H and O–H groups in total. The molecule has 6 heteroatoms. The van der Waals surface area contributed by atoms with Gasteiger partial charge in [-0.15, -0.1) is 11.8 Å². The van der Waals surface area contributed by atoms with Crippen molar-refractivity contribution in [3.05, 3.63) is 47.0 Å². The summed E-state index contributed by atoms with van der Waals surface area (Å²) in [5.74, 6) is 0.657. The monoisotopic (exact) mass is 282 g/mol. The minimum Gasteiger partial charge on any atom is -0.478 e. The summed E-state index contributed by atoms with van der Waals surface area (Å²) >= 11 is 7.48. The fourth-order valence-electron chi connectivity index (χ4n) is 1.40. The van der Waals surface area contributed by atoms with Gasteiger partial charge in [-0.2, -0.15) is 0 Å². The number of nitrogens with zero attached hydrogens (tertiary/aromatic N) is 2. The highest BCUT2D eigenvalue weighted by Crippen LogP contribution is 2.23. The summed E-state index contributed by atoms with van der Waals surface area (Å²) in [4.78, 5) is 15.9. The van der Waals surface area contributed by atoms with Gasteiger partial charge in [0.2, 0.25) is 0 Å². The Morgan fingerprint density at radius 3 is 2.61 bits per heavy atom. The Kier molecular flexibility index (Phi) is 3.93. The van der Waals surface area contributed by atoms with Crippen molar-refractivity contribution in [1.29, 1.82) is 0 Å². The smallest absolute Gasteiger partial charge is 0.335 e. The maximum Gasteiger partial charge on any atom is 0.335 e. The van der Waals surface area contributed by atoms with Gasteiger partial charge in [-0.3, -0.25) is 0 Å². The first-order chi connectivity index (χ1) is 8.58. The molecule has 1 aromatic heterocycles. The summed E-state index contributed by atoms with van der Waals surface area (Å²) in [5.41, 5.74) is 0.291. The molecule has 0 unspecified atom stereocenters. The normalized spacial score (nSPS) is 10.6. The molecule has 0 amide bonds. The van der Waals surface area contributed by atoms with E-state index in [-0.39, 0.29) is 0 Å². The molecule has 0 aliphatic heterocycles. The van der Waals surface area contributed by atoms with Crippen LogP contribution in [0.2, 0.25) is 5.15 Å². The molecule has 0 radical (unpaired) electrons. The number of carboxylic acids is 1. The highest BCUT2D eigenvalue weighted by atomic mass is 35.5. The topological polar surface area (TPSA) is 55.1 Å². The van der Waals surface area contributed by atoms with Crippen molar-refractivity contribution in [2.24, 2.45) is 7.05 Å². The average Bonchev–Trinajstić information content (AvgIpc) is 2.68. The summed E-state index contributed by atoms with van der Waals surface area (Å²) in [6.07, 6.45) is 1.62. The summed E-state index contributed by atoms with van der Waals surface area (Å²) in [6.45, 7) is 0. The van der Waals surface area contributed by atoms with Crippen LogP contribution in [-0.2, 0) is 12.8 Å². The first-order valence-corrected chi connectivity index (χ1v) is 6.56. The highest BCUT2D eigenvalue weighted by molar-refractivity contribution is 7.98. The zero-order chi connectivity index (χ0) is 13.1. The quantitative estimate of drug-likeness (QED) is 0.876. The number of imidazole rings is 1. The number of hydrogen-bond donors (Lipinski definition) is 1. The molecule has 18 heavy (non-hydrogen) atoms. The zero-order valence-corrected chi connectivity index (χ0v) is 11.2. The molecule has 0 spiro atoms. The van der Waals surface area contributed by atoms with E-state index in [9.17, 15) is 4.79 Å². The van der Waals surface area contributed by atoms with Gasteiger partial charge < -0.3 is 9.67 Å². The number of thioether (sulfide) groups is 1. The average molecular weight is 283 g/mol. The molecule has 0 fully saturated rings. The number of halogens is 1. The van der Waals surface area contributed by atoms with Gasteiger partial charge in [0.25, 0.3) is 0 Å². The molecule has 94 valence electrons. The molecule has 0 aliphatic carbocycles. The van der Waals surface area contributed by atoms with Crippen molar-refractivity contribution in [3.8, 4) is 0 Å². The Balaban J connectivity index is 2.02. The van der Waals surface area contributed by atoms with Crippen molar-refractivity contribution in [2.45, 2.75) is 10.6 Å². The van der Waals surface area contributed by atoms with Crippen molar-refractivity contribution in [3.63, 3.8) is 0 Å². The summed E-state index contributed by atoms with van der Waals surface area (Å²) in [5, 5.41) is 9.39. The van der Waals surface area contributed by atoms with E-state index >= 15 is 0 Å². The van der Waals surface area contributed by atoms with Crippen LogP contribution >= 0.6 is 23.4 Å². The number of rotatable bonds is 4. The predicted octanol–water partition coefficient (Wildman–Crippen LogP) is 3.06. The molecular formula is C12H11ClN2O2S. The van der Waals surface area contributed by atoms with Crippen LogP contribution in [0.3, 0.4) is 0 Å². The van der Waals surface area contributed by atoms with E-state index in [1.54, 1.807) is 42.2 Å². The Bertz CT molecular complexity index is 566. The van der Waals surface area contributed by atoms with E-state index in [0.29, 0.717) is 16.5 Å². The number of carboxylic acid groups (broad SMARTS) is 1. The van der Waals surface area contributed by atoms with Crippen LogP contribution in [0.1, 0.15) is 16.2 Å². The number of carbonyl (C=O) groups is 1. The molecule has 0 saturated carbocycles. The third kappa shape index (κ3) is 2.86. The number of aromatic carboxylic acids is 1. The van der Waals surface area contributed by atoms with Gasteiger partial charge in [0, 0.05) is 11.9 Å². The molecule has 0 atom stereocenters. The summed E-state index contributed by atoms with van der Waals surface area (Å²) in [7, 11) is 1.86. The van der Waals surface area contributed by atoms with Crippen LogP contribution in [-0.4, -0.2) is 20.6 Å². The standard InChI is InChI=1S/C12H11ClN2O2S/c1-15-10(13)6-14-11(15)7-18-9-4-2-8(3-5-9)12(16)17/h2-6H,7H2,1H3,(H,16,17). The first kappa shape index (κ1) is 13.0. The maximum absolute atomic E-state index is 10.7. The largest absolute Gasteiger partial charge is 0.478 e. The van der Waals surface area contributed by atoms with E-state index < -0.39 is 5.97 Å². The second-order valence-corrected chi connectivity index (χ2v) is 5.11. The van der Waals surface area contributed by atoms with E-state index in [4.69, 9.17) is 16.7 Å². The highest BCUT2D eigenvalue weighted by Gasteiger charge is 2.06. The Hall–Kier alpha value is -1.46. The third-order valence-corrected chi connectivity index (χ3v) is 3.86. The van der Waals surface area contributed by atoms with Crippen LogP contribution in [0.5, 0.6) is 0 Å². The van der Waals surface area contributed by atoms with Gasteiger partial charge in [-0.1, -0.05) is 11.6 Å². The fraction of sp³-hybridized carbons (Fsp3) is 0.167. The summed E-state index contributed by atoms with van der Waals surface area (Å²) in [6, 6.07) is 6.77. The van der Waals surface area contributed by atoms with E-state index in [1.165, 1.54) is 0 Å². The van der Waals surface area contributed by atoms with Crippen LogP contribution < -0.4 is 0 Å². The lowest BCUT2D eigenvalue weighted by Crippen LogP contribution is -1.96. The van der Waals surface area contributed by atoms with E-state index in [2.05, 4.69) is 4.98 Å². The predicted molar refractivity (Wildman–Crippen MR) is 71.2 cm³/mol. The minimum absolute atomic E-state index is 0.291. The molecular weight excluding hydrogens is 272 g/mol. The summed E-state index contributed by atoms with van der Waals surface area (Å²) < 4.78 is 1.82. The SMILES string of the molecule is Cn1c(Cl)cnc1CSc1ccc(C(=O)O)cc1. The third-order valence-electron chi connectivity index (χ3n) is 2.50. The lowest BCUT2D eigenvalue weighted by atomic mass is 10.2. The minimum atomic E-state index is -0.914. The van der Waals surface area contributed by atoms with Gasteiger partial charge in [-0.05, 0) is 24.3 Å². The van der Waals surface area contributed by atoms with Crippen molar-refractivity contribution in [1.82, 2.24) is 9.55 Å².